The molecule has 0 aliphatic rings. The number of nitrogens with zero attached hydrogens (tertiary/aromatic N) is 2. The molecule has 0 fully saturated rings. The highest BCUT2D eigenvalue weighted by Gasteiger charge is 1.92. The lowest BCUT2D eigenvalue weighted by atomic mass is 10.2. The Morgan fingerprint density at radius 3 is 1.73 bits per heavy atom. The van der Waals surface area contributed by atoms with Gasteiger partial charge in [0, 0.05) is 30.0 Å². The summed E-state index contributed by atoms with van der Waals surface area (Å²) >= 11 is 0. The van der Waals surface area contributed by atoms with Crippen molar-refractivity contribution in [3.8, 4) is 12.1 Å². The van der Waals surface area contributed by atoms with Crippen LogP contribution in [0.4, 0.5) is 0 Å². The second kappa shape index (κ2) is 4.89. The third kappa shape index (κ3) is 4.56. The van der Waals surface area contributed by atoms with Crippen LogP contribution in [-0.4, -0.2) is 0 Å². The van der Waals surface area contributed by atoms with Gasteiger partial charge in [-0.25, -0.2) is 0 Å². The monoisotopic (exact) mass is 148 g/mol. The molecule has 0 aromatic rings. The van der Waals surface area contributed by atoms with Gasteiger partial charge in [-0.2, -0.15) is 10.5 Å². The van der Waals surface area contributed by atoms with Crippen LogP contribution in [0.2, 0.25) is 0 Å². The molecule has 0 unspecified atom stereocenters. The number of nitriles is 2. The summed E-state index contributed by atoms with van der Waals surface area (Å²) in [6.07, 6.45) is 2.65. The van der Waals surface area contributed by atoms with E-state index in [4.69, 9.17) is 22.0 Å². The fourth-order valence-corrected chi connectivity index (χ4v) is 0.504. The van der Waals surface area contributed by atoms with Gasteiger partial charge in [0.2, 0.25) is 0 Å². The van der Waals surface area contributed by atoms with Gasteiger partial charge in [0.05, 0.1) is 12.1 Å². The number of nitrogens with two attached hydrogens (primary N) is 2. The quantitative estimate of drug-likeness (QED) is 0.542. The third-order valence-electron chi connectivity index (χ3n) is 0.908. The van der Waals surface area contributed by atoms with E-state index in [0.717, 1.165) is 0 Å². The average molecular weight is 148 g/mol. The van der Waals surface area contributed by atoms with Crippen LogP contribution in [0.5, 0.6) is 0 Å². The standard InChI is InChI=1S/C7H8N4/c8-3-1-6(10)5-7(11)2-4-9/h1-2H,5,10-11H2. The van der Waals surface area contributed by atoms with Gasteiger partial charge in [-0.05, 0) is 0 Å². The zero-order chi connectivity index (χ0) is 8.69. The first-order valence-corrected chi connectivity index (χ1v) is 2.89. The van der Waals surface area contributed by atoms with Crippen molar-refractivity contribution in [2.75, 3.05) is 0 Å². The van der Waals surface area contributed by atoms with Crippen molar-refractivity contribution >= 4 is 0 Å². The van der Waals surface area contributed by atoms with Crippen LogP contribution in [-0.2, 0) is 0 Å². The molecule has 0 aromatic carbocycles. The first kappa shape index (κ1) is 9.06. The summed E-state index contributed by atoms with van der Waals surface area (Å²) in [5.74, 6) is 0. The summed E-state index contributed by atoms with van der Waals surface area (Å²) in [7, 11) is 0. The average Bonchev–Trinajstić information content (AvgIpc) is 1.87. The topological polar surface area (TPSA) is 99.6 Å². The number of rotatable bonds is 2. The lowest BCUT2D eigenvalue weighted by Gasteiger charge is -1.96. The molecule has 0 radical (unpaired) electrons. The molecule has 0 bridgehead atoms. The van der Waals surface area contributed by atoms with Crippen LogP contribution in [0.25, 0.3) is 0 Å². The minimum absolute atomic E-state index is 0.265. The molecule has 0 heterocycles. The molecule has 4 N–H and O–H groups in total. The predicted octanol–water partition coefficient (Wildman–Crippen LogP) is 0.109. The highest BCUT2D eigenvalue weighted by Crippen LogP contribution is 1.98. The van der Waals surface area contributed by atoms with Crippen LogP contribution in [0, 0.1) is 22.7 Å². The zero-order valence-electron chi connectivity index (χ0n) is 5.91. The van der Waals surface area contributed by atoms with Gasteiger partial charge in [0.25, 0.3) is 0 Å². The molecule has 0 aromatic heterocycles. The van der Waals surface area contributed by atoms with E-state index in [1.54, 1.807) is 12.1 Å². The van der Waals surface area contributed by atoms with E-state index >= 15 is 0 Å². The Balaban J connectivity index is 4.10. The number of hydrogen-bond acceptors (Lipinski definition) is 4. The molecular formula is C7H8N4. The molecule has 0 saturated carbocycles. The van der Waals surface area contributed by atoms with Gasteiger partial charge in [0.1, 0.15) is 0 Å². The Hall–Kier alpha value is -1.94. The summed E-state index contributed by atoms with van der Waals surface area (Å²) in [6, 6.07) is 3.52. The van der Waals surface area contributed by atoms with Crippen molar-refractivity contribution in [2.45, 2.75) is 6.42 Å². The summed E-state index contributed by atoms with van der Waals surface area (Å²) in [5, 5.41) is 16.3. The molecule has 0 aliphatic heterocycles. The van der Waals surface area contributed by atoms with Crippen LogP contribution in [0.1, 0.15) is 6.42 Å². The largest absolute Gasteiger partial charge is 0.401 e. The van der Waals surface area contributed by atoms with E-state index in [2.05, 4.69) is 0 Å². The molecule has 0 spiro atoms. The lowest BCUT2D eigenvalue weighted by molar-refractivity contribution is 1.06. The van der Waals surface area contributed by atoms with Gasteiger partial charge < -0.3 is 11.5 Å². The molecule has 0 saturated heterocycles. The highest BCUT2D eigenvalue weighted by atomic mass is 14.6. The first-order valence-electron chi connectivity index (χ1n) is 2.89. The van der Waals surface area contributed by atoms with Gasteiger partial charge in [-0.3, -0.25) is 0 Å². The van der Waals surface area contributed by atoms with Crippen LogP contribution in [0.15, 0.2) is 23.5 Å². The second-order valence-corrected chi connectivity index (χ2v) is 1.87. The normalized spacial score (nSPS) is 11.8. The molecule has 0 atom stereocenters. The van der Waals surface area contributed by atoms with E-state index in [9.17, 15) is 0 Å². The van der Waals surface area contributed by atoms with E-state index < -0.39 is 0 Å². The summed E-state index contributed by atoms with van der Waals surface area (Å²) in [5.41, 5.74) is 11.4. The Kier molecular flexibility index (Phi) is 4.03. The zero-order valence-corrected chi connectivity index (χ0v) is 5.91. The fourth-order valence-electron chi connectivity index (χ4n) is 0.504. The Bertz CT molecular complexity index is 233. The van der Waals surface area contributed by atoms with Crippen LogP contribution in [0.3, 0.4) is 0 Å². The van der Waals surface area contributed by atoms with Gasteiger partial charge >= 0.3 is 0 Å². The lowest BCUT2D eigenvalue weighted by Crippen LogP contribution is -2.04. The smallest absolute Gasteiger partial charge is 0.0930 e. The molecule has 56 valence electrons. The maximum atomic E-state index is 8.15. The van der Waals surface area contributed by atoms with E-state index in [1.165, 1.54) is 12.2 Å². The number of allylic oxidation sites excluding steroid dienone is 2. The fraction of sp³-hybridized carbons (Fsp3) is 0.143. The Labute approximate surface area is 65.0 Å². The van der Waals surface area contributed by atoms with Gasteiger partial charge in [-0.1, -0.05) is 0 Å². The SMILES string of the molecule is N#CC=C(N)CC(N)=CC#N. The Morgan fingerprint density at radius 1 is 1.09 bits per heavy atom. The van der Waals surface area contributed by atoms with E-state index in [-0.39, 0.29) is 6.42 Å². The third-order valence-corrected chi connectivity index (χ3v) is 0.908. The van der Waals surface area contributed by atoms with Crippen molar-refractivity contribution in [1.29, 1.82) is 10.5 Å². The molecule has 0 aliphatic carbocycles. The number of hydrogen-bond donors (Lipinski definition) is 2. The molecule has 0 rings (SSSR count). The van der Waals surface area contributed by atoms with Gasteiger partial charge in [-0.15, -0.1) is 0 Å². The van der Waals surface area contributed by atoms with Crippen molar-refractivity contribution in [2.24, 2.45) is 11.5 Å². The van der Waals surface area contributed by atoms with Crippen LogP contribution >= 0.6 is 0 Å². The first-order chi connectivity index (χ1) is 5.20. The molecule has 4 nitrogen and oxygen atoms in total. The Morgan fingerprint density at radius 2 is 1.45 bits per heavy atom. The van der Waals surface area contributed by atoms with Crippen molar-refractivity contribution < 1.29 is 0 Å². The van der Waals surface area contributed by atoms with Gasteiger partial charge in [0.15, 0.2) is 0 Å². The minimum atomic E-state index is 0.265. The van der Waals surface area contributed by atoms with Crippen molar-refractivity contribution in [1.82, 2.24) is 0 Å². The molecule has 11 heavy (non-hydrogen) atoms. The second-order valence-electron chi connectivity index (χ2n) is 1.87. The molecule has 4 heteroatoms. The summed E-state index contributed by atoms with van der Waals surface area (Å²) < 4.78 is 0. The summed E-state index contributed by atoms with van der Waals surface area (Å²) in [4.78, 5) is 0. The molecule has 0 amide bonds. The maximum absolute atomic E-state index is 8.15. The maximum Gasteiger partial charge on any atom is 0.0930 e. The van der Waals surface area contributed by atoms with Crippen LogP contribution < -0.4 is 11.5 Å². The highest BCUT2D eigenvalue weighted by molar-refractivity contribution is 5.20. The minimum Gasteiger partial charge on any atom is -0.401 e. The van der Waals surface area contributed by atoms with E-state index in [0.29, 0.717) is 11.4 Å². The van der Waals surface area contributed by atoms with Crippen molar-refractivity contribution in [3.05, 3.63) is 23.5 Å². The van der Waals surface area contributed by atoms with E-state index in [1.807, 2.05) is 0 Å². The van der Waals surface area contributed by atoms with Crippen molar-refractivity contribution in [3.63, 3.8) is 0 Å². The molecular weight excluding hydrogens is 140 g/mol. The summed E-state index contributed by atoms with van der Waals surface area (Å²) in [6.45, 7) is 0. The predicted molar refractivity (Wildman–Crippen MR) is 40.4 cm³/mol.